The zero-order chi connectivity index (χ0) is 14.5. The summed E-state index contributed by atoms with van der Waals surface area (Å²) < 4.78 is 12.8. The van der Waals surface area contributed by atoms with Crippen LogP contribution in [0.1, 0.15) is 11.4 Å². The fourth-order valence-electron chi connectivity index (χ4n) is 1.83. The highest BCUT2D eigenvalue weighted by molar-refractivity contribution is 5.95. The van der Waals surface area contributed by atoms with Gasteiger partial charge in [-0.3, -0.25) is 5.41 Å². The molecule has 20 heavy (non-hydrogen) atoms. The molecule has 3 N–H and O–H groups in total. The van der Waals surface area contributed by atoms with Gasteiger partial charge in [-0.15, -0.1) is 0 Å². The van der Waals surface area contributed by atoms with Crippen molar-refractivity contribution in [1.82, 2.24) is 9.55 Å². The van der Waals surface area contributed by atoms with Crippen LogP contribution in [0.2, 0.25) is 0 Å². The molecule has 106 valence electrons. The molecule has 2 aromatic rings. The number of benzene rings is 1. The maximum Gasteiger partial charge on any atom is 0.123 e. The third-order valence-corrected chi connectivity index (χ3v) is 2.94. The molecule has 1 aromatic carbocycles. The number of aryl methyl sites for hydroxylation is 1. The Morgan fingerprint density at radius 3 is 2.70 bits per heavy atom. The Balaban J connectivity index is 2.03. The summed E-state index contributed by atoms with van der Waals surface area (Å²) in [6.07, 6.45) is 4.36. The highest BCUT2D eigenvalue weighted by Gasteiger charge is 2.06. The Labute approximate surface area is 117 Å². The zero-order valence-electron chi connectivity index (χ0n) is 11.6. The molecule has 0 radical (unpaired) electrons. The molecule has 0 saturated heterocycles. The Morgan fingerprint density at radius 2 is 2.10 bits per heavy atom. The summed E-state index contributed by atoms with van der Waals surface area (Å²) in [5.41, 5.74) is 6.07. The van der Waals surface area contributed by atoms with E-state index < -0.39 is 0 Å². The van der Waals surface area contributed by atoms with Crippen LogP contribution in [0.5, 0.6) is 11.5 Å². The first-order valence-electron chi connectivity index (χ1n) is 6.22. The third kappa shape index (κ3) is 3.28. The summed E-state index contributed by atoms with van der Waals surface area (Å²) in [5, 5.41) is 7.48. The molecule has 6 heteroatoms. The fourth-order valence-corrected chi connectivity index (χ4v) is 1.83. The maximum absolute atomic E-state index is 7.48. The molecular weight excluding hydrogens is 256 g/mol. The Hall–Kier alpha value is -2.50. The van der Waals surface area contributed by atoms with Crippen molar-refractivity contribution in [3.63, 3.8) is 0 Å². The summed E-state index contributed by atoms with van der Waals surface area (Å²) in [4.78, 5) is 4.23. The first-order valence-corrected chi connectivity index (χ1v) is 6.22. The number of aromatic nitrogens is 2. The van der Waals surface area contributed by atoms with E-state index in [1.807, 2.05) is 17.8 Å². The van der Waals surface area contributed by atoms with E-state index in [0.717, 1.165) is 5.82 Å². The quantitative estimate of drug-likeness (QED) is 0.614. The molecule has 0 fully saturated rings. The predicted octanol–water partition coefficient (Wildman–Crippen LogP) is 1.33. The number of ether oxygens (including phenoxy) is 2. The molecular formula is C14H18N4O2. The van der Waals surface area contributed by atoms with E-state index >= 15 is 0 Å². The Bertz CT molecular complexity index is 607. The summed E-state index contributed by atoms with van der Waals surface area (Å²) in [7, 11) is 3.51. The normalized spacial score (nSPS) is 10.3. The molecule has 0 atom stereocenters. The van der Waals surface area contributed by atoms with Gasteiger partial charge in [-0.1, -0.05) is 0 Å². The van der Waals surface area contributed by atoms with Crippen molar-refractivity contribution >= 4 is 5.84 Å². The van der Waals surface area contributed by atoms with Crippen molar-refractivity contribution in [2.24, 2.45) is 12.8 Å². The lowest BCUT2D eigenvalue weighted by Crippen LogP contribution is -2.12. The van der Waals surface area contributed by atoms with Crippen LogP contribution in [-0.2, 0) is 13.5 Å². The minimum absolute atomic E-state index is 0.0159. The second-order valence-electron chi connectivity index (χ2n) is 4.36. The van der Waals surface area contributed by atoms with Crippen LogP contribution < -0.4 is 15.2 Å². The number of nitrogens with zero attached hydrogens (tertiary/aromatic N) is 2. The monoisotopic (exact) mass is 274 g/mol. The highest BCUT2D eigenvalue weighted by Crippen LogP contribution is 2.22. The van der Waals surface area contributed by atoms with Gasteiger partial charge in [0.25, 0.3) is 0 Å². The van der Waals surface area contributed by atoms with Crippen molar-refractivity contribution in [2.75, 3.05) is 13.7 Å². The molecule has 0 bridgehead atoms. The van der Waals surface area contributed by atoms with Crippen LogP contribution in [0.15, 0.2) is 30.6 Å². The van der Waals surface area contributed by atoms with Gasteiger partial charge in [-0.05, 0) is 12.1 Å². The molecule has 2 rings (SSSR count). The molecule has 1 heterocycles. The van der Waals surface area contributed by atoms with Crippen LogP contribution >= 0.6 is 0 Å². The van der Waals surface area contributed by atoms with Crippen molar-refractivity contribution in [3.05, 3.63) is 42.0 Å². The van der Waals surface area contributed by atoms with E-state index in [9.17, 15) is 0 Å². The van der Waals surface area contributed by atoms with Crippen LogP contribution in [-0.4, -0.2) is 29.1 Å². The lowest BCUT2D eigenvalue weighted by atomic mass is 10.2. The molecule has 0 aliphatic heterocycles. The van der Waals surface area contributed by atoms with Crippen molar-refractivity contribution in [2.45, 2.75) is 6.42 Å². The molecule has 0 aliphatic carbocycles. The second-order valence-corrected chi connectivity index (χ2v) is 4.36. The molecule has 0 unspecified atom stereocenters. The minimum atomic E-state index is -0.0159. The van der Waals surface area contributed by atoms with E-state index in [1.165, 1.54) is 0 Å². The average molecular weight is 274 g/mol. The van der Waals surface area contributed by atoms with Gasteiger partial charge in [0.05, 0.1) is 13.7 Å². The van der Waals surface area contributed by atoms with E-state index in [0.29, 0.717) is 30.1 Å². The number of amidine groups is 1. The van der Waals surface area contributed by atoms with Crippen LogP contribution in [0.4, 0.5) is 0 Å². The largest absolute Gasteiger partial charge is 0.497 e. The molecule has 0 saturated carbocycles. The molecule has 1 aromatic heterocycles. The van der Waals surface area contributed by atoms with Crippen molar-refractivity contribution in [3.8, 4) is 11.5 Å². The van der Waals surface area contributed by atoms with Crippen LogP contribution in [0, 0.1) is 5.41 Å². The number of rotatable bonds is 6. The summed E-state index contributed by atoms with van der Waals surface area (Å²) in [6, 6.07) is 5.20. The fraction of sp³-hybridized carbons (Fsp3) is 0.286. The first kappa shape index (κ1) is 13.9. The maximum atomic E-state index is 7.48. The number of nitrogens with two attached hydrogens (primary N) is 1. The predicted molar refractivity (Wildman–Crippen MR) is 76.4 cm³/mol. The standard InChI is InChI=1S/C14H18N4O2/c1-18-5-4-17-13(18)3-6-20-12-8-10(14(15)16)7-11(9-12)19-2/h4-5,7-9H,3,6H2,1-2H3,(H3,15,16). The second kappa shape index (κ2) is 6.10. The van der Waals surface area contributed by atoms with Gasteiger partial charge in [0.15, 0.2) is 0 Å². The van der Waals surface area contributed by atoms with Crippen LogP contribution in [0.25, 0.3) is 0 Å². The number of nitrogen functional groups attached to an aromatic ring is 1. The smallest absolute Gasteiger partial charge is 0.123 e. The van der Waals surface area contributed by atoms with Crippen molar-refractivity contribution in [1.29, 1.82) is 5.41 Å². The van der Waals surface area contributed by atoms with Gasteiger partial charge >= 0.3 is 0 Å². The van der Waals surface area contributed by atoms with Gasteiger partial charge in [0, 0.05) is 37.5 Å². The average Bonchev–Trinajstić information content (AvgIpc) is 2.84. The minimum Gasteiger partial charge on any atom is -0.497 e. The number of hydrogen-bond acceptors (Lipinski definition) is 4. The van der Waals surface area contributed by atoms with Gasteiger partial charge in [-0.25, -0.2) is 4.98 Å². The van der Waals surface area contributed by atoms with Gasteiger partial charge in [-0.2, -0.15) is 0 Å². The molecule has 0 aliphatic rings. The van der Waals surface area contributed by atoms with Crippen molar-refractivity contribution < 1.29 is 9.47 Å². The zero-order valence-corrected chi connectivity index (χ0v) is 11.6. The topological polar surface area (TPSA) is 86.2 Å². The Kier molecular flexibility index (Phi) is 4.24. The summed E-state index contributed by atoms with van der Waals surface area (Å²) in [5.74, 6) is 2.19. The third-order valence-electron chi connectivity index (χ3n) is 2.94. The summed E-state index contributed by atoms with van der Waals surface area (Å²) in [6.45, 7) is 0.495. The number of methoxy groups -OCH3 is 1. The van der Waals surface area contributed by atoms with Crippen LogP contribution in [0.3, 0.4) is 0 Å². The van der Waals surface area contributed by atoms with Gasteiger partial charge in [0.1, 0.15) is 23.2 Å². The van der Waals surface area contributed by atoms with E-state index in [-0.39, 0.29) is 5.84 Å². The summed E-state index contributed by atoms with van der Waals surface area (Å²) >= 11 is 0. The SMILES string of the molecule is COc1cc(OCCc2nccn2C)cc(C(=N)N)c1. The highest BCUT2D eigenvalue weighted by atomic mass is 16.5. The lowest BCUT2D eigenvalue weighted by molar-refractivity contribution is 0.314. The number of imidazole rings is 1. The number of nitrogens with one attached hydrogen (secondary N) is 1. The van der Waals surface area contributed by atoms with Gasteiger partial charge < -0.3 is 19.8 Å². The first-order chi connectivity index (χ1) is 9.60. The lowest BCUT2D eigenvalue weighted by Gasteiger charge is -2.10. The molecule has 0 amide bonds. The van der Waals surface area contributed by atoms with E-state index in [4.69, 9.17) is 20.6 Å². The molecule has 6 nitrogen and oxygen atoms in total. The number of hydrogen-bond donors (Lipinski definition) is 2. The van der Waals surface area contributed by atoms with Gasteiger partial charge in [0.2, 0.25) is 0 Å². The Morgan fingerprint density at radius 1 is 1.35 bits per heavy atom. The molecule has 0 spiro atoms. The van der Waals surface area contributed by atoms with E-state index in [1.54, 1.807) is 31.5 Å². The van der Waals surface area contributed by atoms with E-state index in [2.05, 4.69) is 4.98 Å².